The molecule has 0 saturated carbocycles. The second-order valence-electron chi connectivity index (χ2n) is 4.28. The fourth-order valence-electron chi connectivity index (χ4n) is 2.03. The predicted molar refractivity (Wildman–Crippen MR) is 67.4 cm³/mol. The summed E-state index contributed by atoms with van der Waals surface area (Å²) < 4.78 is 10.5. The molecule has 0 spiro atoms. The Morgan fingerprint density at radius 1 is 1.56 bits per heavy atom. The van der Waals surface area contributed by atoms with E-state index in [4.69, 9.17) is 14.6 Å². The first-order valence-corrected chi connectivity index (χ1v) is 5.96. The summed E-state index contributed by atoms with van der Waals surface area (Å²) >= 11 is 0. The van der Waals surface area contributed by atoms with E-state index < -0.39 is 5.97 Å². The van der Waals surface area contributed by atoms with Crippen molar-refractivity contribution in [1.29, 1.82) is 0 Å². The molecular weight excluding hydrogens is 234 g/mol. The molecule has 1 heterocycles. The maximum Gasteiger partial charge on any atom is 0.337 e. The van der Waals surface area contributed by atoms with Gasteiger partial charge in [-0.15, -0.1) is 0 Å². The van der Waals surface area contributed by atoms with Crippen LogP contribution in [0.2, 0.25) is 0 Å². The summed E-state index contributed by atoms with van der Waals surface area (Å²) in [6.45, 7) is 1.39. The van der Waals surface area contributed by atoms with Gasteiger partial charge in [-0.25, -0.2) is 4.79 Å². The van der Waals surface area contributed by atoms with Crippen molar-refractivity contribution < 1.29 is 19.4 Å². The summed E-state index contributed by atoms with van der Waals surface area (Å²) in [5.41, 5.74) is 0.832. The van der Waals surface area contributed by atoms with Crippen LogP contribution >= 0.6 is 0 Å². The van der Waals surface area contributed by atoms with Gasteiger partial charge in [0.1, 0.15) is 5.75 Å². The van der Waals surface area contributed by atoms with Gasteiger partial charge in [0.2, 0.25) is 0 Å². The number of aromatic carboxylic acids is 1. The molecule has 1 saturated heterocycles. The van der Waals surface area contributed by atoms with E-state index in [2.05, 4.69) is 5.32 Å². The highest BCUT2D eigenvalue weighted by Crippen LogP contribution is 2.24. The van der Waals surface area contributed by atoms with Crippen molar-refractivity contribution in [2.24, 2.45) is 0 Å². The number of anilines is 1. The summed E-state index contributed by atoms with van der Waals surface area (Å²) in [7, 11) is 1.56. The van der Waals surface area contributed by atoms with Gasteiger partial charge in [0.15, 0.2) is 0 Å². The molecule has 2 N–H and O–H groups in total. The molecule has 18 heavy (non-hydrogen) atoms. The lowest BCUT2D eigenvalue weighted by Crippen LogP contribution is -2.30. The lowest BCUT2D eigenvalue weighted by molar-refractivity contribution is 0.0696. The largest absolute Gasteiger partial charge is 0.497 e. The molecule has 1 fully saturated rings. The minimum Gasteiger partial charge on any atom is -0.497 e. The van der Waals surface area contributed by atoms with Crippen LogP contribution in [-0.4, -0.2) is 37.4 Å². The molecule has 0 bridgehead atoms. The quantitative estimate of drug-likeness (QED) is 0.856. The Bertz CT molecular complexity index is 427. The zero-order valence-electron chi connectivity index (χ0n) is 10.3. The third-order valence-corrected chi connectivity index (χ3v) is 2.98. The molecule has 2 rings (SSSR count). The van der Waals surface area contributed by atoms with E-state index in [0.717, 1.165) is 19.4 Å². The Kier molecular flexibility index (Phi) is 4.04. The van der Waals surface area contributed by atoms with Crippen molar-refractivity contribution in [3.8, 4) is 5.75 Å². The van der Waals surface area contributed by atoms with E-state index in [9.17, 15) is 4.79 Å². The number of hydrogen-bond acceptors (Lipinski definition) is 4. The van der Waals surface area contributed by atoms with E-state index >= 15 is 0 Å². The second-order valence-corrected chi connectivity index (χ2v) is 4.28. The lowest BCUT2D eigenvalue weighted by atomic mass is 10.1. The molecule has 0 radical (unpaired) electrons. The number of hydrogen-bond donors (Lipinski definition) is 2. The number of ether oxygens (including phenoxy) is 2. The van der Waals surface area contributed by atoms with Gasteiger partial charge in [0.05, 0.1) is 25.0 Å². The van der Waals surface area contributed by atoms with Crippen molar-refractivity contribution in [1.82, 2.24) is 0 Å². The van der Waals surface area contributed by atoms with Crippen LogP contribution in [0.15, 0.2) is 18.2 Å². The number of benzene rings is 1. The predicted octanol–water partition coefficient (Wildman–Crippen LogP) is 1.98. The Morgan fingerprint density at radius 3 is 3.00 bits per heavy atom. The zero-order valence-corrected chi connectivity index (χ0v) is 10.3. The van der Waals surface area contributed by atoms with Gasteiger partial charge >= 0.3 is 5.97 Å². The van der Waals surface area contributed by atoms with Gasteiger partial charge in [-0.05, 0) is 25.0 Å². The zero-order chi connectivity index (χ0) is 13.0. The molecule has 1 aliphatic rings. The first-order valence-electron chi connectivity index (χ1n) is 5.96. The van der Waals surface area contributed by atoms with Crippen LogP contribution in [0.5, 0.6) is 5.75 Å². The number of carbonyl (C=O) groups is 1. The van der Waals surface area contributed by atoms with Crippen molar-refractivity contribution in [2.75, 3.05) is 25.6 Å². The van der Waals surface area contributed by atoms with E-state index in [1.807, 2.05) is 0 Å². The van der Waals surface area contributed by atoms with Crippen molar-refractivity contribution in [2.45, 2.75) is 18.9 Å². The Balaban J connectivity index is 2.19. The monoisotopic (exact) mass is 251 g/mol. The molecule has 5 nitrogen and oxygen atoms in total. The number of nitrogens with one attached hydrogen (secondary N) is 1. The van der Waals surface area contributed by atoms with Gasteiger partial charge in [0, 0.05) is 18.7 Å². The van der Waals surface area contributed by atoms with Crippen LogP contribution in [0.3, 0.4) is 0 Å². The molecule has 1 aromatic carbocycles. The normalized spacial score (nSPS) is 19.3. The molecule has 98 valence electrons. The van der Waals surface area contributed by atoms with E-state index in [1.54, 1.807) is 25.3 Å². The third-order valence-electron chi connectivity index (χ3n) is 2.98. The summed E-state index contributed by atoms with van der Waals surface area (Å²) in [5.74, 6) is -0.309. The SMILES string of the molecule is COc1ccc(C(=O)O)c(NC2CCCOC2)c1. The molecule has 0 aliphatic carbocycles. The molecule has 0 amide bonds. The Morgan fingerprint density at radius 2 is 2.39 bits per heavy atom. The average Bonchev–Trinajstić information content (AvgIpc) is 2.39. The van der Waals surface area contributed by atoms with Crippen LogP contribution in [-0.2, 0) is 4.74 Å². The highest BCUT2D eigenvalue weighted by atomic mass is 16.5. The van der Waals surface area contributed by atoms with E-state index in [1.165, 1.54) is 0 Å². The molecule has 1 unspecified atom stereocenters. The highest BCUT2D eigenvalue weighted by Gasteiger charge is 2.17. The second kappa shape index (κ2) is 5.73. The fraction of sp³-hybridized carbons (Fsp3) is 0.462. The van der Waals surface area contributed by atoms with Crippen LogP contribution < -0.4 is 10.1 Å². The molecular formula is C13H17NO4. The lowest BCUT2D eigenvalue weighted by Gasteiger charge is -2.25. The maximum absolute atomic E-state index is 11.2. The van der Waals surface area contributed by atoms with Crippen LogP contribution in [0.25, 0.3) is 0 Å². The standard InChI is InChI=1S/C13H17NO4/c1-17-10-4-5-11(13(15)16)12(7-10)14-9-3-2-6-18-8-9/h4-5,7,9,14H,2-3,6,8H2,1H3,(H,15,16). The smallest absolute Gasteiger partial charge is 0.337 e. The summed E-state index contributed by atoms with van der Waals surface area (Å²) in [5, 5.41) is 12.4. The van der Waals surface area contributed by atoms with E-state index in [-0.39, 0.29) is 11.6 Å². The number of carboxylic acids is 1. The van der Waals surface area contributed by atoms with Crippen LogP contribution in [0, 0.1) is 0 Å². The summed E-state index contributed by atoms with van der Waals surface area (Å²) in [6, 6.07) is 5.06. The van der Waals surface area contributed by atoms with Crippen molar-refractivity contribution in [3.05, 3.63) is 23.8 Å². The van der Waals surface area contributed by atoms with E-state index in [0.29, 0.717) is 18.0 Å². The molecule has 1 aliphatic heterocycles. The third kappa shape index (κ3) is 2.92. The van der Waals surface area contributed by atoms with Gasteiger partial charge in [-0.2, -0.15) is 0 Å². The van der Waals surface area contributed by atoms with Crippen molar-refractivity contribution >= 4 is 11.7 Å². The molecule has 5 heteroatoms. The number of methoxy groups -OCH3 is 1. The number of carboxylic acid groups (broad SMARTS) is 1. The van der Waals surface area contributed by atoms with Gasteiger partial charge in [-0.1, -0.05) is 0 Å². The summed E-state index contributed by atoms with van der Waals surface area (Å²) in [6.07, 6.45) is 1.97. The Hall–Kier alpha value is -1.75. The van der Waals surface area contributed by atoms with Crippen LogP contribution in [0.1, 0.15) is 23.2 Å². The van der Waals surface area contributed by atoms with Gasteiger partial charge in [-0.3, -0.25) is 0 Å². The number of rotatable bonds is 4. The minimum atomic E-state index is -0.947. The van der Waals surface area contributed by atoms with Crippen molar-refractivity contribution in [3.63, 3.8) is 0 Å². The maximum atomic E-state index is 11.2. The van der Waals surface area contributed by atoms with Gasteiger partial charge in [0.25, 0.3) is 0 Å². The Labute approximate surface area is 106 Å². The fourth-order valence-corrected chi connectivity index (χ4v) is 2.03. The molecule has 1 atom stereocenters. The molecule has 0 aromatic heterocycles. The first-order chi connectivity index (χ1) is 8.70. The van der Waals surface area contributed by atoms with Crippen LogP contribution in [0.4, 0.5) is 5.69 Å². The highest BCUT2D eigenvalue weighted by molar-refractivity contribution is 5.94. The van der Waals surface area contributed by atoms with Gasteiger partial charge < -0.3 is 19.9 Å². The summed E-state index contributed by atoms with van der Waals surface area (Å²) in [4.78, 5) is 11.2. The average molecular weight is 251 g/mol. The minimum absolute atomic E-state index is 0.156. The molecule has 1 aromatic rings. The first kappa shape index (κ1) is 12.7. The topological polar surface area (TPSA) is 67.8 Å².